The average Bonchev–Trinajstić information content (AvgIpc) is 2.03. The summed E-state index contributed by atoms with van der Waals surface area (Å²) in [6.45, 7) is 3.43. The van der Waals surface area contributed by atoms with E-state index in [1.54, 1.807) is 0 Å². The molecule has 5 nitrogen and oxygen atoms in total. The molecule has 0 rings (SSSR count). The highest BCUT2D eigenvalue weighted by Crippen LogP contribution is 2.03. The van der Waals surface area contributed by atoms with Crippen LogP contribution in [0.5, 0.6) is 0 Å². The van der Waals surface area contributed by atoms with Crippen LogP contribution in [0.15, 0.2) is 0 Å². The van der Waals surface area contributed by atoms with Crippen molar-refractivity contribution in [1.29, 1.82) is 5.26 Å². The van der Waals surface area contributed by atoms with Crippen LogP contribution in [-0.4, -0.2) is 33.4 Å². The zero-order valence-corrected chi connectivity index (χ0v) is 9.52. The molecule has 0 amide bonds. The van der Waals surface area contributed by atoms with Crippen LogP contribution >= 0.6 is 0 Å². The Labute approximate surface area is 85.1 Å². The Hall–Kier alpha value is -0.640. The Morgan fingerprint density at radius 3 is 2.50 bits per heavy atom. The summed E-state index contributed by atoms with van der Waals surface area (Å²) in [6.07, 6.45) is 0.424. The Bertz CT molecular complexity index is 303. The standard InChI is InChI=1S/C8H16N2O3S/c1-8(2,7-9)10-14(11,12)6-4-5-13-3/h10H,4-6H2,1-3H3. The Morgan fingerprint density at radius 2 is 2.07 bits per heavy atom. The third-order valence-electron chi connectivity index (χ3n) is 1.45. The largest absolute Gasteiger partial charge is 0.385 e. The first kappa shape index (κ1) is 13.4. The third-order valence-corrected chi connectivity index (χ3v) is 3.10. The van der Waals surface area contributed by atoms with Crippen molar-refractivity contribution in [3.63, 3.8) is 0 Å². The van der Waals surface area contributed by atoms with Gasteiger partial charge in [0.1, 0.15) is 5.54 Å². The lowest BCUT2D eigenvalue weighted by Crippen LogP contribution is -2.43. The van der Waals surface area contributed by atoms with Crippen LogP contribution in [0.1, 0.15) is 20.3 Å². The van der Waals surface area contributed by atoms with Gasteiger partial charge in [0, 0.05) is 13.7 Å². The van der Waals surface area contributed by atoms with Crippen molar-refractivity contribution >= 4 is 10.0 Å². The van der Waals surface area contributed by atoms with Crippen LogP contribution in [0.3, 0.4) is 0 Å². The maximum Gasteiger partial charge on any atom is 0.213 e. The maximum absolute atomic E-state index is 11.4. The molecule has 0 saturated carbocycles. The monoisotopic (exact) mass is 220 g/mol. The maximum atomic E-state index is 11.4. The summed E-state index contributed by atoms with van der Waals surface area (Å²) in [4.78, 5) is 0. The van der Waals surface area contributed by atoms with E-state index >= 15 is 0 Å². The molecule has 0 aliphatic rings. The smallest absolute Gasteiger partial charge is 0.213 e. The Balaban J connectivity index is 4.17. The Morgan fingerprint density at radius 1 is 1.50 bits per heavy atom. The van der Waals surface area contributed by atoms with E-state index in [1.807, 2.05) is 6.07 Å². The summed E-state index contributed by atoms with van der Waals surface area (Å²) in [5.41, 5.74) is -1.05. The molecule has 0 radical (unpaired) electrons. The van der Waals surface area contributed by atoms with E-state index < -0.39 is 15.6 Å². The quantitative estimate of drug-likeness (QED) is 0.650. The normalized spacial score (nSPS) is 12.4. The van der Waals surface area contributed by atoms with E-state index in [9.17, 15) is 8.42 Å². The first-order valence-corrected chi connectivity index (χ1v) is 5.90. The van der Waals surface area contributed by atoms with Crippen LogP contribution in [0.25, 0.3) is 0 Å². The van der Waals surface area contributed by atoms with E-state index in [4.69, 9.17) is 10.00 Å². The summed E-state index contributed by atoms with van der Waals surface area (Å²) < 4.78 is 29.8. The van der Waals surface area contributed by atoms with E-state index in [2.05, 4.69) is 4.72 Å². The van der Waals surface area contributed by atoms with Gasteiger partial charge in [-0.05, 0) is 20.3 Å². The molecule has 0 saturated heterocycles. The SMILES string of the molecule is COCCCS(=O)(=O)NC(C)(C)C#N. The summed E-state index contributed by atoms with van der Waals surface area (Å²) in [7, 11) is -1.86. The molecular formula is C8H16N2O3S. The fourth-order valence-electron chi connectivity index (χ4n) is 0.856. The second-order valence-corrected chi connectivity index (χ2v) is 5.35. The number of ether oxygens (including phenoxy) is 1. The number of hydrogen-bond donors (Lipinski definition) is 1. The molecule has 14 heavy (non-hydrogen) atoms. The van der Waals surface area contributed by atoms with E-state index in [-0.39, 0.29) is 5.75 Å². The number of rotatable bonds is 6. The fourth-order valence-corrected chi connectivity index (χ4v) is 2.28. The molecule has 82 valence electrons. The lowest BCUT2D eigenvalue weighted by molar-refractivity contribution is 0.199. The van der Waals surface area contributed by atoms with Crippen molar-refractivity contribution in [2.45, 2.75) is 25.8 Å². The van der Waals surface area contributed by atoms with E-state index in [0.717, 1.165) is 0 Å². The highest BCUT2D eigenvalue weighted by molar-refractivity contribution is 7.89. The predicted molar refractivity (Wildman–Crippen MR) is 53.1 cm³/mol. The number of methoxy groups -OCH3 is 1. The first-order chi connectivity index (χ1) is 6.33. The lowest BCUT2D eigenvalue weighted by Gasteiger charge is -2.17. The molecule has 0 aromatic rings. The molecule has 0 aliphatic carbocycles. The van der Waals surface area contributed by atoms with Crippen LogP contribution in [-0.2, 0) is 14.8 Å². The van der Waals surface area contributed by atoms with Crippen LogP contribution in [0.2, 0.25) is 0 Å². The van der Waals surface area contributed by atoms with Gasteiger partial charge in [-0.25, -0.2) is 8.42 Å². The van der Waals surface area contributed by atoms with Crippen molar-refractivity contribution in [3.8, 4) is 6.07 Å². The molecule has 0 spiro atoms. The summed E-state index contributed by atoms with van der Waals surface area (Å²) in [5.74, 6) is -0.0219. The fraction of sp³-hybridized carbons (Fsp3) is 0.875. The van der Waals surface area contributed by atoms with Gasteiger partial charge in [-0.3, -0.25) is 0 Å². The molecule has 6 heteroatoms. The highest BCUT2D eigenvalue weighted by atomic mass is 32.2. The van der Waals surface area contributed by atoms with Crippen molar-refractivity contribution < 1.29 is 13.2 Å². The predicted octanol–water partition coefficient (Wildman–Crippen LogP) is 0.244. The topological polar surface area (TPSA) is 79.2 Å². The van der Waals surface area contributed by atoms with Crippen LogP contribution in [0.4, 0.5) is 0 Å². The summed E-state index contributed by atoms with van der Waals surface area (Å²) in [6, 6.07) is 1.87. The minimum absolute atomic E-state index is 0.0219. The number of sulfonamides is 1. The molecular weight excluding hydrogens is 204 g/mol. The third kappa shape index (κ3) is 5.91. The lowest BCUT2D eigenvalue weighted by atomic mass is 10.1. The molecule has 1 N–H and O–H groups in total. The minimum Gasteiger partial charge on any atom is -0.385 e. The summed E-state index contributed by atoms with van der Waals surface area (Å²) in [5, 5.41) is 8.63. The molecule has 0 atom stereocenters. The van der Waals surface area contributed by atoms with Crippen molar-refractivity contribution in [3.05, 3.63) is 0 Å². The molecule has 0 aliphatic heterocycles. The molecule has 0 aromatic heterocycles. The second kappa shape index (κ2) is 5.29. The van der Waals surface area contributed by atoms with Gasteiger partial charge in [0.25, 0.3) is 0 Å². The van der Waals surface area contributed by atoms with E-state index in [0.29, 0.717) is 13.0 Å². The van der Waals surface area contributed by atoms with Gasteiger partial charge < -0.3 is 4.74 Å². The number of hydrogen-bond acceptors (Lipinski definition) is 4. The molecule has 0 heterocycles. The van der Waals surface area contributed by atoms with Crippen molar-refractivity contribution in [2.75, 3.05) is 19.5 Å². The van der Waals surface area contributed by atoms with Crippen molar-refractivity contribution in [2.24, 2.45) is 0 Å². The molecule has 0 aromatic carbocycles. The zero-order valence-electron chi connectivity index (χ0n) is 8.70. The number of nitrogens with one attached hydrogen (secondary N) is 1. The summed E-state index contributed by atoms with van der Waals surface area (Å²) >= 11 is 0. The van der Waals surface area contributed by atoms with Gasteiger partial charge in [0.15, 0.2) is 0 Å². The van der Waals surface area contributed by atoms with E-state index in [1.165, 1.54) is 21.0 Å². The molecule has 0 bridgehead atoms. The Kier molecular flexibility index (Phi) is 5.05. The highest BCUT2D eigenvalue weighted by Gasteiger charge is 2.23. The van der Waals surface area contributed by atoms with Gasteiger partial charge in [-0.2, -0.15) is 9.98 Å². The van der Waals surface area contributed by atoms with Crippen LogP contribution in [0, 0.1) is 11.3 Å². The zero-order chi connectivity index (χ0) is 11.2. The first-order valence-electron chi connectivity index (χ1n) is 4.25. The van der Waals surface area contributed by atoms with Gasteiger partial charge >= 0.3 is 0 Å². The minimum atomic E-state index is -3.38. The van der Waals surface area contributed by atoms with Gasteiger partial charge in [-0.1, -0.05) is 0 Å². The van der Waals surface area contributed by atoms with Gasteiger partial charge in [-0.15, -0.1) is 0 Å². The second-order valence-electron chi connectivity index (χ2n) is 3.50. The van der Waals surface area contributed by atoms with Gasteiger partial charge in [0.2, 0.25) is 10.0 Å². The molecule has 0 unspecified atom stereocenters. The van der Waals surface area contributed by atoms with Crippen LogP contribution < -0.4 is 4.72 Å². The van der Waals surface area contributed by atoms with Crippen molar-refractivity contribution in [1.82, 2.24) is 4.72 Å². The number of nitrogens with zero attached hydrogens (tertiary/aromatic N) is 1. The molecule has 0 fully saturated rings. The number of nitriles is 1. The average molecular weight is 220 g/mol. The van der Waals surface area contributed by atoms with Gasteiger partial charge in [0.05, 0.1) is 11.8 Å².